The second kappa shape index (κ2) is 9.58. The topological polar surface area (TPSA) is 93.9 Å². The van der Waals surface area contributed by atoms with Crippen LogP contribution in [0, 0.1) is 0 Å². The molecule has 1 fully saturated rings. The van der Waals surface area contributed by atoms with Crippen LogP contribution in [0.1, 0.15) is 42.8 Å². The van der Waals surface area contributed by atoms with E-state index < -0.39 is 46.1 Å². The highest BCUT2D eigenvalue weighted by Crippen LogP contribution is 2.32. The molecule has 7 nitrogen and oxygen atoms in total. The molecular weight excluding hydrogens is 463 g/mol. The number of rotatable bonds is 7. The molecule has 1 amide bonds. The van der Waals surface area contributed by atoms with Crippen molar-refractivity contribution in [3.63, 3.8) is 0 Å². The molecule has 0 aliphatic carbocycles. The number of carbonyl (C=O) groups excluding carboxylic acids is 2. The number of esters is 1. The van der Waals surface area contributed by atoms with E-state index in [1.54, 1.807) is 6.92 Å². The van der Waals surface area contributed by atoms with Gasteiger partial charge in [-0.3, -0.25) is 4.79 Å². The van der Waals surface area contributed by atoms with Gasteiger partial charge in [0, 0.05) is 17.6 Å². The van der Waals surface area contributed by atoms with Crippen LogP contribution in [0.4, 0.5) is 13.2 Å². The zero-order valence-electron chi connectivity index (χ0n) is 18.1. The van der Waals surface area contributed by atoms with Crippen molar-refractivity contribution in [2.24, 2.45) is 0 Å². The Balaban J connectivity index is 1.67. The fraction of sp³-hybridized carbons (Fsp3) is 0.455. The Bertz CT molecular complexity index is 1130. The van der Waals surface area contributed by atoms with Gasteiger partial charge in [0.2, 0.25) is 5.76 Å². The molecule has 1 aromatic heterocycles. The number of ether oxygens (including phenoxy) is 1. The van der Waals surface area contributed by atoms with Crippen molar-refractivity contribution < 1.29 is 40.3 Å². The summed E-state index contributed by atoms with van der Waals surface area (Å²) >= 11 is 0. The smallest absolute Gasteiger partial charge is 0.416 e. The van der Waals surface area contributed by atoms with Crippen LogP contribution in [0.3, 0.4) is 0 Å². The Morgan fingerprint density at radius 1 is 1.24 bits per heavy atom. The minimum atomic E-state index is -4.52. The average Bonchev–Trinajstić information content (AvgIpc) is 3.38. The predicted molar refractivity (Wildman–Crippen MR) is 113 cm³/mol. The largest absolute Gasteiger partial charge is 0.450 e. The summed E-state index contributed by atoms with van der Waals surface area (Å²) in [5.41, 5.74) is -0.726. The van der Waals surface area contributed by atoms with E-state index in [-0.39, 0.29) is 34.6 Å². The van der Waals surface area contributed by atoms with Gasteiger partial charge in [0.1, 0.15) is 5.76 Å². The minimum absolute atomic E-state index is 0.00236. The van der Waals surface area contributed by atoms with Gasteiger partial charge < -0.3 is 14.1 Å². The minimum Gasteiger partial charge on any atom is -0.450 e. The molecule has 0 bridgehead atoms. The van der Waals surface area contributed by atoms with Gasteiger partial charge in [0.15, 0.2) is 16.4 Å². The van der Waals surface area contributed by atoms with Crippen LogP contribution in [0.25, 0.3) is 11.3 Å². The number of furan rings is 1. The van der Waals surface area contributed by atoms with Crippen LogP contribution < -0.4 is 0 Å². The zero-order chi connectivity index (χ0) is 24.4. The fourth-order valence-electron chi connectivity index (χ4n) is 3.73. The number of benzene rings is 1. The van der Waals surface area contributed by atoms with Crippen LogP contribution in [-0.2, 0) is 25.5 Å². The number of hydrogen-bond donors (Lipinski definition) is 0. The molecule has 2 unspecified atom stereocenters. The van der Waals surface area contributed by atoms with Crippen LogP contribution in [-0.4, -0.2) is 55.4 Å². The van der Waals surface area contributed by atoms with Gasteiger partial charge in [-0.25, -0.2) is 13.2 Å². The van der Waals surface area contributed by atoms with Crippen molar-refractivity contribution in [3.8, 4) is 11.3 Å². The third-order valence-corrected chi connectivity index (χ3v) is 7.31. The van der Waals surface area contributed by atoms with Gasteiger partial charge in [-0.2, -0.15) is 13.2 Å². The molecule has 1 aliphatic rings. The molecule has 1 aliphatic heterocycles. The third-order valence-electron chi connectivity index (χ3n) is 5.56. The Hall–Kier alpha value is -2.82. The standard InChI is InChI=1S/C22H24F3NO6S/c1-3-14(2)26(17-9-10-33(29,30)13-17)20(27)12-31-21(28)19-8-7-18(32-19)15-5-4-6-16(11-15)22(23,24)25/h4-8,11,14,17H,3,9-10,12-13H2,1-2H3. The molecule has 1 aromatic carbocycles. The highest BCUT2D eigenvalue weighted by atomic mass is 32.2. The summed E-state index contributed by atoms with van der Waals surface area (Å²) < 4.78 is 72.8. The van der Waals surface area contributed by atoms with E-state index in [1.807, 2.05) is 6.92 Å². The molecule has 1 saturated heterocycles. The SMILES string of the molecule is CCC(C)N(C(=O)COC(=O)c1ccc(-c2cccc(C(F)(F)F)c2)o1)C1CCS(=O)(=O)C1. The molecule has 0 saturated carbocycles. The Kier molecular flexibility index (Phi) is 7.20. The lowest BCUT2D eigenvalue weighted by Gasteiger charge is -2.33. The van der Waals surface area contributed by atoms with Crippen molar-refractivity contribution in [1.29, 1.82) is 0 Å². The second-order valence-corrected chi connectivity index (χ2v) is 10.2. The Labute approximate surface area is 189 Å². The molecule has 2 atom stereocenters. The number of carbonyl (C=O) groups is 2. The summed E-state index contributed by atoms with van der Waals surface area (Å²) in [4.78, 5) is 26.5. The van der Waals surface area contributed by atoms with E-state index in [0.29, 0.717) is 12.8 Å². The maximum atomic E-state index is 12.9. The van der Waals surface area contributed by atoms with Crippen LogP contribution in [0.5, 0.6) is 0 Å². The van der Waals surface area contributed by atoms with Gasteiger partial charge in [0.05, 0.1) is 17.1 Å². The normalized spacial score (nSPS) is 18.6. The lowest BCUT2D eigenvalue weighted by molar-refractivity contribution is -0.139. The number of amides is 1. The maximum Gasteiger partial charge on any atom is 0.416 e. The summed E-state index contributed by atoms with van der Waals surface area (Å²) in [5.74, 6) is -1.84. The Morgan fingerprint density at radius 2 is 1.97 bits per heavy atom. The van der Waals surface area contributed by atoms with Gasteiger partial charge in [-0.15, -0.1) is 0 Å². The summed E-state index contributed by atoms with van der Waals surface area (Å²) in [6.45, 7) is 3.04. The van der Waals surface area contributed by atoms with Crippen molar-refractivity contribution in [1.82, 2.24) is 4.90 Å². The van der Waals surface area contributed by atoms with Crippen LogP contribution in [0.2, 0.25) is 0 Å². The maximum absolute atomic E-state index is 12.9. The fourth-order valence-corrected chi connectivity index (χ4v) is 5.44. The first-order valence-corrected chi connectivity index (χ1v) is 12.2. The van der Waals surface area contributed by atoms with Gasteiger partial charge in [-0.1, -0.05) is 19.1 Å². The highest BCUT2D eigenvalue weighted by molar-refractivity contribution is 7.91. The molecule has 180 valence electrons. The van der Waals surface area contributed by atoms with E-state index in [4.69, 9.17) is 9.15 Å². The first kappa shape index (κ1) is 24.8. The molecule has 33 heavy (non-hydrogen) atoms. The lowest BCUT2D eigenvalue weighted by Crippen LogP contribution is -2.48. The quantitative estimate of drug-likeness (QED) is 0.550. The van der Waals surface area contributed by atoms with E-state index in [9.17, 15) is 31.2 Å². The third kappa shape index (κ3) is 5.95. The first-order chi connectivity index (χ1) is 15.4. The number of hydrogen-bond acceptors (Lipinski definition) is 6. The summed E-state index contributed by atoms with van der Waals surface area (Å²) in [6, 6.07) is 6.32. The Morgan fingerprint density at radius 3 is 2.58 bits per heavy atom. The van der Waals surface area contributed by atoms with Crippen molar-refractivity contribution in [2.45, 2.75) is 44.9 Å². The summed E-state index contributed by atoms with van der Waals surface area (Å²) in [6.07, 6.45) is -3.61. The number of halogens is 3. The molecule has 3 rings (SSSR count). The number of nitrogens with zero attached hydrogens (tertiary/aromatic N) is 1. The van der Waals surface area contributed by atoms with E-state index in [2.05, 4.69) is 0 Å². The monoisotopic (exact) mass is 487 g/mol. The molecule has 2 heterocycles. The van der Waals surface area contributed by atoms with E-state index >= 15 is 0 Å². The van der Waals surface area contributed by atoms with E-state index in [1.165, 1.54) is 29.2 Å². The number of alkyl halides is 3. The molecule has 2 aromatic rings. The summed E-state index contributed by atoms with van der Waals surface area (Å²) in [7, 11) is -3.21. The number of sulfone groups is 1. The zero-order valence-corrected chi connectivity index (χ0v) is 18.9. The molecule has 0 N–H and O–H groups in total. The summed E-state index contributed by atoms with van der Waals surface area (Å²) in [5, 5.41) is 0. The molecule has 0 radical (unpaired) electrons. The van der Waals surface area contributed by atoms with Gasteiger partial charge >= 0.3 is 12.1 Å². The highest BCUT2D eigenvalue weighted by Gasteiger charge is 2.37. The first-order valence-electron chi connectivity index (χ1n) is 10.4. The van der Waals surface area contributed by atoms with Gasteiger partial charge in [-0.05, 0) is 44.0 Å². The average molecular weight is 487 g/mol. The molecule has 11 heteroatoms. The molecular formula is C22H24F3NO6S. The van der Waals surface area contributed by atoms with Crippen LogP contribution >= 0.6 is 0 Å². The van der Waals surface area contributed by atoms with Crippen LogP contribution in [0.15, 0.2) is 40.8 Å². The predicted octanol–water partition coefficient (Wildman–Crippen LogP) is 3.94. The second-order valence-electron chi connectivity index (χ2n) is 7.93. The van der Waals surface area contributed by atoms with Crippen molar-refractivity contribution in [2.75, 3.05) is 18.1 Å². The lowest BCUT2D eigenvalue weighted by atomic mass is 10.1. The van der Waals surface area contributed by atoms with E-state index in [0.717, 1.165) is 12.1 Å². The molecule has 0 spiro atoms. The van der Waals surface area contributed by atoms with Crippen molar-refractivity contribution in [3.05, 3.63) is 47.7 Å². The van der Waals surface area contributed by atoms with Gasteiger partial charge in [0.25, 0.3) is 5.91 Å². The van der Waals surface area contributed by atoms with Crippen molar-refractivity contribution >= 4 is 21.7 Å².